The van der Waals surface area contributed by atoms with Crippen LogP contribution in [0.25, 0.3) is 0 Å². The summed E-state index contributed by atoms with van der Waals surface area (Å²) in [5.74, 6) is 0.644. The van der Waals surface area contributed by atoms with Gasteiger partial charge in [0.15, 0.2) is 0 Å². The lowest BCUT2D eigenvalue weighted by Gasteiger charge is -2.07. The quantitative estimate of drug-likeness (QED) is 0.842. The number of ketones is 1. The van der Waals surface area contributed by atoms with Crippen LogP contribution >= 0.6 is 15.9 Å². The maximum Gasteiger partial charge on any atom is 0.141 e. The van der Waals surface area contributed by atoms with Gasteiger partial charge in [-0.1, -0.05) is 12.8 Å². The Kier molecular flexibility index (Phi) is 3.52. The first-order valence-corrected chi connectivity index (χ1v) is 6.19. The van der Waals surface area contributed by atoms with Gasteiger partial charge in [-0.05, 0) is 40.9 Å². The molecule has 0 atom stereocenters. The largest absolute Gasteiger partial charge is 0.299 e. The minimum Gasteiger partial charge on any atom is -0.299 e. The number of hydrogen-bond acceptors (Lipinski definition) is 2. The molecule has 1 saturated carbocycles. The molecule has 0 saturated heterocycles. The molecule has 2 rings (SSSR count). The highest BCUT2D eigenvalue weighted by atomic mass is 79.9. The second-order valence-electron chi connectivity index (χ2n) is 4.06. The van der Waals surface area contributed by atoms with Gasteiger partial charge in [0, 0.05) is 16.6 Å². The van der Waals surface area contributed by atoms with E-state index in [1.807, 2.05) is 12.1 Å². The second-order valence-corrected chi connectivity index (χ2v) is 4.91. The fraction of sp³-hybridized carbons (Fsp3) is 0.500. The highest BCUT2D eigenvalue weighted by Crippen LogP contribution is 2.27. The Morgan fingerprint density at radius 1 is 1.47 bits per heavy atom. The Morgan fingerprint density at radius 2 is 2.20 bits per heavy atom. The molecule has 0 radical (unpaired) electrons. The predicted octanol–water partition coefficient (Wildman–Crippen LogP) is 3.15. The van der Waals surface area contributed by atoms with Crippen molar-refractivity contribution in [3.63, 3.8) is 0 Å². The minimum absolute atomic E-state index is 0.291. The zero-order chi connectivity index (χ0) is 10.7. The summed E-state index contributed by atoms with van der Waals surface area (Å²) in [7, 11) is 0. The van der Waals surface area contributed by atoms with Crippen LogP contribution in [0.5, 0.6) is 0 Å². The minimum atomic E-state index is 0.291. The lowest BCUT2D eigenvalue weighted by molar-refractivity contribution is -0.122. The first kappa shape index (κ1) is 10.8. The van der Waals surface area contributed by atoms with Gasteiger partial charge in [0.25, 0.3) is 0 Å². The van der Waals surface area contributed by atoms with Crippen molar-refractivity contribution in [1.82, 2.24) is 4.98 Å². The van der Waals surface area contributed by atoms with Crippen LogP contribution in [0.15, 0.2) is 22.8 Å². The molecule has 1 aromatic rings. The maximum absolute atomic E-state index is 11.9. The van der Waals surface area contributed by atoms with Crippen LogP contribution in [0, 0.1) is 5.92 Å². The van der Waals surface area contributed by atoms with Gasteiger partial charge >= 0.3 is 0 Å². The van der Waals surface area contributed by atoms with Gasteiger partial charge in [-0.25, -0.2) is 0 Å². The third kappa shape index (κ3) is 2.65. The Bertz CT molecular complexity index is 358. The fourth-order valence-corrected chi connectivity index (χ4v) is 2.50. The number of pyridine rings is 1. The van der Waals surface area contributed by atoms with Gasteiger partial charge < -0.3 is 0 Å². The second kappa shape index (κ2) is 4.88. The van der Waals surface area contributed by atoms with Crippen molar-refractivity contribution in [3.05, 3.63) is 28.5 Å². The van der Waals surface area contributed by atoms with Crippen molar-refractivity contribution in [2.45, 2.75) is 32.1 Å². The molecular formula is C12H14BrNO. The van der Waals surface area contributed by atoms with E-state index in [1.165, 1.54) is 12.8 Å². The van der Waals surface area contributed by atoms with Crippen molar-refractivity contribution in [1.29, 1.82) is 0 Å². The molecule has 1 aliphatic rings. The van der Waals surface area contributed by atoms with E-state index in [4.69, 9.17) is 0 Å². The highest BCUT2D eigenvalue weighted by molar-refractivity contribution is 9.10. The van der Waals surface area contributed by atoms with Gasteiger partial charge in [0.2, 0.25) is 0 Å². The summed E-state index contributed by atoms with van der Waals surface area (Å²) in [6.45, 7) is 0. The molecule has 1 heterocycles. The van der Waals surface area contributed by atoms with E-state index in [0.717, 1.165) is 23.0 Å². The van der Waals surface area contributed by atoms with Crippen molar-refractivity contribution in [2.24, 2.45) is 5.92 Å². The summed E-state index contributed by atoms with van der Waals surface area (Å²) in [6.07, 6.45) is 6.78. The first-order chi connectivity index (χ1) is 7.27. The van der Waals surface area contributed by atoms with E-state index in [0.29, 0.717) is 18.1 Å². The van der Waals surface area contributed by atoms with Gasteiger partial charge in [0.1, 0.15) is 5.78 Å². The molecule has 2 nitrogen and oxygen atoms in total. The molecule has 1 aliphatic carbocycles. The van der Waals surface area contributed by atoms with Gasteiger partial charge in [-0.15, -0.1) is 0 Å². The molecule has 0 unspecified atom stereocenters. The summed E-state index contributed by atoms with van der Waals surface area (Å²) in [5, 5.41) is 0. The Hall–Kier alpha value is -0.700. The zero-order valence-electron chi connectivity index (χ0n) is 8.58. The lowest BCUT2D eigenvalue weighted by atomic mass is 9.99. The Balaban J connectivity index is 2.02. The smallest absolute Gasteiger partial charge is 0.141 e. The van der Waals surface area contributed by atoms with Crippen LogP contribution in [0.3, 0.4) is 0 Å². The van der Waals surface area contributed by atoms with Crippen LogP contribution < -0.4 is 0 Å². The summed E-state index contributed by atoms with van der Waals surface area (Å²) < 4.78 is 0.941. The van der Waals surface area contributed by atoms with Crippen molar-refractivity contribution in [2.75, 3.05) is 0 Å². The Morgan fingerprint density at radius 3 is 2.87 bits per heavy atom. The SMILES string of the molecule is O=C(Cc1ncccc1Br)C1CCCC1. The average Bonchev–Trinajstić information content (AvgIpc) is 2.74. The van der Waals surface area contributed by atoms with Crippen molar-refractivity contribution >= 4 is 21.7 Å². The third-order valence-electron chi connectivity index (χ3n) is 2.99. The number of Topliss-reactive ketones (excluding diaryl/α,β-unsaturated/α-hetero) is 1. The number of carbonyl (C=O) groups excluding carboxylic acids is 1. The molecule has 0 amide bonds. The number of nitrogens with zero attached hydrogens (tertiary/aromatic N) is 1. The summed E-state index contributed by atoms with van der Waals surface area (Å²) >= 11 is 3.42. The van der Waals surface area contributed by atoms with E-state index >= 15 is 0 Å². The summed E-state index contributed by atoms with van der Waals surface area (Å²) in [6, 6.07) is 3.80. The van der Waals surface area contributed by atoms with Gasteiger partial charge in [-0.3, -0.25) is 9.78 Å². The molecule has 3 heteroatoms. The number of hydrogen-bond donors (Lipinski definition) is 0. The molecule has 0 aromatic carbocycles. The molecule has 80 valence electrons. The van der Waals surface area contributed by atoms with Crippen LogP contribution in [0.4, 0.5) is 0 Å². The number of aromatic nitrogens is 1. The van der Waals surface area contributed by atoms with Crippen molar-refractivity contribution in [3.8, 4) is 0 Å². The monoisotopic (exact) mass is 267 g/mol. The highest BCUT2D eigenvalue weighted by Gasteiger charge is 2.23. The molecule has 1 fully saturated rings. The van der Waals surface area contributed by atoms with Crippen LogP contribution in [0.2, 0.25) is 0 Å². The normalized spacial score (nSPS) is 16.9. The molecule has 0 N–H and O–H groups in total. The van der Waals surface area contributed by atoms with E-state index in [-0.39, 0.29) is 0 Å². The molecular weight excluding hydrogens is 254 g/mol. The third-order valence-corrected chi connectivity index (χ3v) is 3.71. The first-order valence-electron chi connectivity index (χ1n) is 5.39. The standard InChI is InChI=1S/C12H14BrNO/c13-10-6-3-7-14-11(10)8-12(15)9-4-1-2-5-9/h3,6-7,9H,1-2,4-5,8H2. The van der Waals surface area contributed by atoms with Crippen LogP contribution in [-0.4, -0.2) is 10.8 Å². The number of rotatable bonds is 3. The maximum atomic E-state index is 11.9. The van der Waals surface area contributed by atoms with Gasteiger partial charge in [0.05, 0.1) is 12.1 Å². The topological polar surface area (TPSA) is 30.0 Å². The van der Waals surface area contributed by atoms with E-state index in [1.54, 1.807) is 6.20 Å². The molecule has 15 heavy (non-hydrogen) atoms. The predicted molar refractivity (Wildman–Crippen MR) is 62.6 cm³/mol. The van der Waals surface area contributed by atoms with Crippen LogP contribution in [0.1, 0.15) is 31.4 Å². The summed E-state index contributed by atoms with van der Waals surface area (Å²) in [5.41, 5.74) is 0.870. The van der Waals surface area contributed by atoms with Crippen molar-refractivity contribution < 1.29 is 4.79 Å². The summed E-state index contributed by atoms with van der Waals surface area (Å²) in [4.78, 5) is 16.1. The molecule has 1 aromatic heterocycles. The molecule has 0 bridgehead atoms. The van der Waals surface area contributed by atoms with Gasteiger partial charge in [-0.2, -0.15) is 0 Å². The Labute approximate surface area is 98.2 Å². The average molecular weight is 268 g/mol. The molecule has 0 spiro atoms. The van der Waals surface area contributed by atoms with E-state index in [9.17, 15) is 4.79 Å². The fourth-order valence-electron chi connectivity index (χ4n) is 2.11. The number of carbonyl (C=O) groups is 1. The number of halogens is 1. The van der Waals surface area contributed by atoms with Crippen LogP contribution in [-0.2, 0) is 11.2 Å². The zero-order valence-corrected chi connectivity index (χ0v) is 10.2. The van der Waals surface area contributed by atoms with E-state index in [2.05, 4.69) is 20.9 Å². The molecule has 0 aliphatic heterocycles. The van der Waals surface area contributed by atoms with E-state index < -0.39 is 0 Å². The lowest BCUT2D eigenvalue weighted by Crippen LogP contribution is -2.14.